The predicted molar refractivity (Wildman–Crippen MR) is 79.7 cm³/mol. The minimum Gasteiger partial charge on any atom is -0.505 e. The van der Waals surface area contributed by atoms with E-state index in [1.165, 1.54) is 36.4 Å². The van der Waals surface area contributed by atoms with E-state index >= 15 is 0 Å². The highest BCUT2D eigenvalue weighted by atomic mass is 19.1. The van der Waals surface area contributed by atoms with Gasteiger partial charge >= 0.3 is 6.03 Å². The Labute approximate surface area is 131 Å². The van der Waals surface area contributed by atoms with Crippen LogP contribution in [-0.2, 0) is 6.54 Å². The Balaban J connectivity index is 1.78. The summed E-state index contributed by atoms with van der Waals surface area (Å²) in [5.41, 5.74) is 0.960. The molecule has 1 unspecified atom stereocenters. The zero-order chi connectivity index (χ0) is 16.8. The van der Waals surface area contributed by atoms with Crippen molar-refractivity contribution < 1.29 is 23.8 Å². The molecule has 0 saturated heterocycles. The van der Waals surface area contributed by atoms with Gasteiger partial charge in [0.1, 0.15) is 5.82 Å². The van der Waals surface area contributed by atoms with Crippen LogP contribution in [0.5, 0.6) is 5.75 Å². The summed E-state index contributed by atoms with van der Waals surface area (Å²) in [5.74, 6) is -1.63. The standard InChI is InChI=1S/C16H16F2N2O3/c17-12-4-2-11(3-5-12)15(22)9-20-16(23)19-8-10-1-6-14(21)13(18)7-10/h1-7,15,21-22H,8-9H2,(H2,19,20,23). The van der Waals surface area contributed by atoms with E-state index in [4.69, 9.17) is 5.11 Å². The maximum atomic E-state index is 13.1. The van der Waals surface area contributed by atoms with Gasteiger partial charge in [-0.2, -0.15) is 0 Å². The molecule has 122 valence electrons. The van der Waals surface area contributed by atoms with Gasteiger partial charge in [-0.1, -0.05) is 18.2 Å². The highest BCUT2D eigenvalue weighted by molar-refractivity contribution is 5.73. The number of hydrogen-bond donors (Lipinski definition) is 4. The first kappa shape index (κ1) is 16.7. The maximum Gasteiger partial charge on any atom is 0.315 e. The largest absolute Gasteiger partial charge is 0.505 e. The van der Waals surface area contributed by atoms with Gasteiger partial charge < -0.3 is 20.8 Å². The second-order valence-electron chi connectivity index (χ2n) is 4.92. The maximum absolute atomic E-state index is 13.1. The van der Waals surface area contributed by atoms with Crippen molar-refractivity contribution in [2.24, 2.45) is 0 Å². The summed E-state index contributed by atoms with van der Waals surface area (Å²) in [4.78, 5) is 11.6. The molecule has 2 rings (SSSR count). The molecule has 0 saturated carbocycles. The van der Waals surface area contributed by atoms with Gasteiger partial charge in [0.15, 0.2) is 11.6 Å². The smallest absolute Gasteiger partial charge is 0.315 e. The second kappa shape index (κ2) is 7.55. The van der Waals surface area contributed by atoms with Crippen LogP contribution < -0.4 is 10.6 Å². The number of halogens is 2. The first-order valence-corrected chi connectivity index (χ1v) is 6.88. The Bertz CT molecular complexity index is 678. The van der Waals surface area contributed by atoms with E-state index in [9.17, 15) is 18.7 Å². The van der Waals surface area contributed by atoms with Gasteiger partial charge in [-0.05, 0) is 35.4 Å². The quantitative estimate of drug-likeness (QED) is 0.681. The fourth-order valence-corrected chi connectivity index (χ4v) is 1.90. The molecule has 0 aliphatic carbocycles. The molecule has 2 amide bonds. The van der Waals surface area contributed by atoms with Crippen LogP contribution >= 0.6 is 0 Å². The van der Waals surface area contributed by atoms with Crippen molar-refractivity contribution in [1.29, 1.82) is 0 Å². The number of phenolic OH excluding ortho intramolecular Hbond substituents is 1. The summed E-state index contributed by atoms with van der Waals surface area (Å²) in [6.45, 7) is 0.0110. The van der Waals surface area contributed by atoms with Crippen LogP contribution in [0.25, 0.3) is 0 Å². The van der Waals surface area contributed by atoms with Crippen LogP contribution in [0.3, 0.4) is 0 Å². The molecule has 1 atom stereocenters. The molecule has 2 aromatic carbocycles. The number of carbonyl (C=O) groups excluding carboxylic acids is 1. The molecule has 23 heavy (non-hydrogen) atoms. The lowest BCUT2D eigenvalue weighted by Gasteiger charge is -2.13. The predicted octanol–water partition coefficient (Wildman–Crippen LogP) is 2.20. The number of nitrogens with one attached hydrogen (secondary N) is 2. The number of carbonyl (C=O) groups is 1. The number of aliphatic hydroxyl groups is 1. The molecule has 0 aliphatic heterocycles. The molecule has 0 spiro atoms. The zero-order valence-corrected chi connectivity index (χ0v) is 12.1. The average molecular weight is 322 g/mol. The molecule has 0 radical (unpaired) electrons. The number of hydrogen-bond acceptors (Lipinski definition) is 3. The first-order valence-electron chi connectivity index (χ1n) is 6.88. The van der Waals surface area contributed by atoms with Crippen LogP contribution in [0.2, 0.25) is 0 Å². The SMILES string of the molecule is O=C(NCc1ccc(O)c(F)c1)NCC(O)c1ccc(F)cc1. The lowest BCUT2D eigenvalue weighted by molar-refractivity contribution is 0.173. The first-order chi connectivity index (χ1) is 11.0. The van der Waals surface area contributed by atoms with Crippen molar-refractivity contribution >= 4 is 6.03 Å². The molecule has 0 heterocycles. The van der Waals surface area contributed by atoms with E-state index in [0.717, 1.165) is 6.07 Å². The molecule has 0 aliphatic rings. The van der Waals surface area contributed by atoms with Gasteiger partial charge in [0.2, 0.25) is 0 Å². The number of amides is 2. The van der Waals surface area contributed by atoms with Gasteiger partial charge in [0.05, 0.1) is 6.10 Å². The Morgan fingerprint density at radius 2 is 1.78 bits per heavy atom. The summed E-state index contributed by atoms with van der Waals surface area (Å²) in [6.07, 6.45) is -0.965. The monoisotopic (exact) mass is 322 g/mol. The van der Waals surface area contributed by atoms with Crippen LogP contribution in [0.4, 0.5) is 13.6 Å². The van der Waals surface area contributed by atoms with Gasteiger partial charge in [-0.15, -0.1) is 0 Å². The minimum absolute atomic E-state index is 0.0542. The molecule has 0 bridgehead atoms. The summed E-state index contributed by atoms with van der Waals surface area (Å²) in [7, 11) is 0. The Morgan fingerprint density at radius 3 is 2.43 bits per heavy atom. The molecule has 4 N–H and O–H groups in total. The fraction of sp³-hybridized carbons (Fsp3) is 0.188. The third-order valence-corrected chi connectivity index (χ3v) is 3.18. The van der Waals surface area contributed by atoms with E-state index in [1.54, 1.807) is 0 Å². The van der Waals surface area contributed by atoms with Gasteiger partial charge in [0, 0.05) is 13.1 Å². The Hall–Kier alpha value is -2.67. The topological polar surface area (TPSA) is 81.6 Å². The number of phenols is 1. The van der Waals surface area contributed by atoms with Crippen LogP contribution in [0.1, 0.15) is 17.2 Å². The van der Waals surface area contributed by atoms with Crippen molar-refractivity contribution in [1.82, 2.24) is 10.6 Å². The van der Waals surface area contributed by atoms with Crippen molar-refractivity contribution in [3.05, 3.63) is 65.2 Å². The summed E-state index contributed by atoms with van der Waals surface area (Å²) in [6, 6.07) is 8.55. The highest BCUT2D eigenvalue weighted by Gasteiger charge is 2.10. The normalized spacial score (nSPS) is 11.8. The van der Waals surface area contributed by atoms with Gasteiger partial charge in [-0.3, -0.25) is 0 Å². The number of rotatable bonds is 5. The fourth-order valence-electron chi connectivity index (χ4n) is 1.90. The van der Waals surface area contributed by atoms with Crippen molar-refractivity contribution in [2.45, 2.75) is 12.6 Å². The lowest BCUT2D eigenvalue weighted by Crippen LogP contribution is -2.37. The molecule has 0 aromatic heterocycles. The van der Waals surface area contributed by atoms with E-state index in [0.29, 0.717) is 11.1 Å². The van der Waals surface area contributed by atoms with Crippen LogP contribution in [0.15, 0.2) is 42.5 Å². The van der Waals surface area contributed by atoms with E-state index in [2.05, 4.69) is 10.6 Å². The summed E-state index contributed by atoms with van der Waals surface area (Å²) < 4.78 is 25.9. The number of aromatic hydroxyl groups is 1. The molecular formula is C16H16F2N2O3. The highest BCUT2D eigenvalue weighted by Crippen LogP contribution is 2.16. The van der Waals surface area contributed by atoms with Gasteiger partial charge in [0.25, 0.3) is 0 Å². The third-order valence-electron chi connectivity index (χ3n) is 3.18. The van der Waals surface area contributed by atoms with Crippen LogP contribution in [-0.4, -0.2) is 22.8 Å². The van der Waals surface area contributed by atoms with Crippen molar-refractivity contribution in [2.75, 3.05) is 6.54 Å². The Morgan fingerprint density at radius 1 is 1.09 bits per heavy atom. The molecule has 2 aromatic rings. The van der Waals surface area contributed by atoms with Gasteiger partial charge in [-0.25, -0.2) is 13.6 Å². The Kier molecular flexibility index (Phi) is 5.48. The van der Waals surface area contributed by atoms with E-state index in [1.807, 2.05) is 0 Å². The summed E-state index contributed by atoms with van der Waals surface area (Å²) >= 11 is 0. The third kappa shape index (κ3) is 4.93. The van der Waals surface area contributed by atoms with Crippen molar-refractivity contribution in [3.63, 3.8) is 0 Å². The minimum atomic E-state index is -0.965. The van der Waals surface area contributed by atoms with Crippen LogP contribution in [0, 0.1) is 11.6 Å². The number of urea groups is 1. The molecular weight excluding hydrogens is 306 g/mol. The molecule has 0 fully saturated rings. The second-order valence-corrected chi connectivity index (χ2v) is 4.92. The average Bonchev–Trinajstić information content (AvgIpc) is 2.54. The number of aliphatic hydroxyl groups excluding tert-OH is 1. The lowest BCUT2D eigenvalue weighted by atomic mass is 10.1. The number of benzene rings is 2. The van der Waals surface area contributed by atoms with Crippen molar-refractivity contribution in [3.8, 4) is 5.75 Å². The van der Waals surface area contributed by atoms with E-state index < -0.39 is 29.5 Å². The zero-order valence-electron chi connectivity index (χ0n) is 12.1. The molecule has 5 nitrogen and oxygen atoms in total. The van der Waals surface area contributed by atoms with E-state index in [-0.39, 0.29) is 13.1 Å². The summed E-state index contributed by atoms with van der Waals surface area (Å²) in [5, 5.41) is 23.9. The molecule has 7 heteroatoms.